The molecule has 30 heavy (non-hydrogen) atoms. The summed E-state index contributed by atoms with van der Waals surface area (Å²) >= 11 is 0. The predicted molar refractivity (Wildman–Crippen MR) is 105 cm³/mol. The summed E-state index contributed by atoms with van der Waals surface area (Å²) in [6.07, 6.45) is 0. The highest BCUT2D eigenvalue weighted by Crippen LogP contribution is 2.31. The summed E-state index contributed by atoms with van der Waals surface area (Å²) < 4.78 is 38.5. The van der Waals surface area contributed by atoms with Crippen LogP contribution in [0.5, 0.6) is 5.75 Å². The molecule has 0 saturated carbocycles. The molecule has 2 heterocycles. The number of hydrogen-bond acceptors (Lipinski definition) is 8. The van der Waals surface area contributed by atoms with Crippen LogP contribution in [-0.2, 0) is 26.6 Å². The molecule has 2 aromatic rings. The second-order valence-electron chi connectivity index (χ2n) is 6.53. The van der Waals surface area contributed by atoms with Crippen molar-refractivity contribution in [3.63, 3.8) is 0 Å². The van der Waals surface area contributed by atoms with E-state index in [1.54, 1.807) is 20.0 Å². The molecule has 162 valence electrons. The first-order chi connectivity index (χ1) is 14.2. The molecule has 1 aromatic carbocycles. The van der Waals surface area contributed by atoms with Gasteiger partial charge in [-0.3, -0.25) is 19.6 Å². The number of rotatable bonds is 7. The first-order valence-corrected chi connectivity index (χ1v) is 10.4. The summed E-state index contributed by atoms with van der Waals surface area (Å²) in [7, 11) is -2.25. The molecule has 0 bridgehead atoms. The zero-order valence-corrected chi connectivity index (χ0v) is 17.2. The zero-order valence-electron chi connectivity index (χ0n) is 16.4. The molecule has 0 spiro atoms. The number of amides is 1. The van der Waals surface area contributed by atoms with E-state index in [4.69, 9.17) is 9.47 Å². The lowest BCUT2D eigenvalue weighted by Gasteiger charge is -2.26. The minimum Gasteiger partial charge on any atom is -0.477 e. The van der Waals surface area contributed by atoms with Crippen LogP contribution in [-0.4, -0.2) is 66.2 Å². The lowest BCUT2D eigenvalue weighted by atomic mass is 10.3. The molecular weight excluding hydrogens is 418 g/mol. The molecule has 1 saturated heterocycles. The average Bonchev–Trinajstić information content (AvgIpc) is 3.03. The van der Waals surface area contributed by atoms with Crippen LogP contribution >= 0.6 is 0 Å². The fourth-order valence-electron chi connectivity index (χ4n) is 2.91. The maximum absolute atomic E-state index is 12.7. The monoisotopic (exact) mass is 439 g/mol. The normalized spacial score (nSPS) is 15.0. The number of benzene rings is 1. The number of nitrogens with one attached hydrogen (secondary N) is 1. The molecule has 3 rings (SSSR count). The molecule has 1 aromatic heterocycles. The average molecular weight is 439 g/mol. The number of nitro benzene ring substituents is 1. The van der Waals surface area contributed by atoms with Crippen molar-refractivity contribution in [3.05, 3.63) is 40.1 Å². The quantitative estimate of drug-likeness (QED) is 0.489. The number of sulfonamides is 1. The molecule has 0 atom stereocenters. The lowest BCUT2D eigenvalue weighted by molar-refractivity contribution is -0.386. The molecule has 13 heteroatoms. The minimum atomic E-state index is -3.90. The van der Waals surface area contributed by atoms with Gasteiger partial charge in [-0.15, -0.1) is 0 Å². The Bertz CT molecular complexity index is 1060. The summed E-state index contributed by atoms with van der Waals surface area (Å²) in [5.41, 5.74) is 0.162. The van der Waals surface area contributed by atoms with Gasteiger partial charge < -0.3 is 14.8 Å². The molecule has 0 aliphatic carbocycles. The van der Waals surface area contributed by atoms with Gasteiger partial charge >= 0.3 is 5.69 Å². The SMILES string of the molecule is Cc1cc(NC(=O)COc2ccc(S(=O)(=O)N3CCOCC3)cc2[N+](=O)[O-])n(C)n1. The lowest BCUT2D eigenvalue weighted by Crippen LogP contribution is -2.40. The standard InChI is InChI=1S/C17H21N5O7S/c1-12-9-16(20(2)19-12)18-17(23)11-29-15-4-3-13(10-14(15)22(24)25)30(26,27)21-5-7-28-8-6-21/h3-4,9-10H,5-8,11H2,1-2H3,(H,18,23). The topological polar surface area (TPSA) is 146 Å². The van der Waals surface area contributed by atoms with Crippen LogP contribution < -0.4 is 10.1 Å². The van der Waals surface area contributed by atoms with E-state index in [2.05, 4.69) is 10.4 Å². The van der Waals surface area contributed by atoms with Crippen LogP contribution in [0.3, 0.4) is 0 Å². The molecule has 1 aliphatic rings. The van der Waals surface area contributed by atoms with Crippen LogP contribution in [0.1, 0.15) is 5.69 Å². The molecule has 1 amide bonds. The fraction of sp³-hybridized carbons (Fsp3) is 0.412. The molecule has 1 aliphatic heterocycles. The maximum atomic E-state index is 12.7. The first kappa shape index (κ1) is 21.7. The molecular formula is C17H21N5O7S. The van der Waals surface area contributed by atoms with Gasteiger partial charge in [0.25, 0.3) is 5.91 Å². The van der Waals surface area contributed by atoms with Crippen molar-refractivity contribution < 1.29 is 27.6 Å². The zero-order chi connectivity index (χ0) is 21.9. The third-order valence-corrected chi connectivity index (χ3v) is 6.26. The minimum absolute atomic E-state index is 0.169. The van der Waals surface area contributed by atoms with E-state index in [1.165, 1.54) is 21.1 Å². The van der Waals surface area contributed by atoms with Crippen molar-refractivity contribution in [3.8, 4) is 5.75 Å². The van der Waals surface area contributed by atoms with E-state index >= 15 is 0 Å². The van der Waals surface area contributed by atoms with Crippen LogP contribution in [0.25, 0.3) is 0 Å². The van der Waals surface area contributed by atoms with Gasteiger partial charge in [0.1, 0.15) is 5.82 Å². The Kier molecular flexibility index (Phi) is 6.34. The number of morpholine rings is 1. The Morgan fingerprint density at radius 2 is 2.03 bits per heavy atom. The number of ether oxygens (including phenoxy) is 2. The fourth-order valence-corrected chi connectivity index (χ4v) is 4.34. The Morgan fingerprint density at radius 1 is 1.33 bits per heavy atom. The van der Waals surface area contributed by atoms with E-state index in [1.807, 2.05) is 0 Å². The molecule has 0 unspecified atom stereocenters. The Balaban J connectivity index is 1.74. The van der Waals surface area contributed by atoms with Gasteiger partial charge in [0.15, 0.2) is 12.4 Å². The van der Waals surface area contributed by atoms with Crippen molar-refractivity contribution in [2.24, 2.45) is 7.05 Å². The predicted octanol–water partition coefficient (Wildman–Crippen LogP) is 0.675. The number of carbonyl (C=O) groups is 1. The second kappa shape index (κ2) is 8.77. The molecule has 0 radical (unpaired) electrons. The highest BCUT2D eigenvalue weighted by atomic mass is 32.2. The summed E-state index contributed by atoms with van der Waals surface area (Å²) in [5, 5.41) is 18.1. The highest BCUT2D eigenvalue weighted by molar-refractivity contribution is 7.89. The molecule has 1 N–H and O–H groups in total. The van der Waals surface area contributed by atoms with Gasteiger partial charge in [0.2, 0.25) is 10.0 Å². The summed E-state index contributed by atoms with van der Waals surface area (Å²) in [6.45, 7) is 2.12. The van der Waals surface area contributed by atoms with Crippen molar-refractivity contribution in [2.45, 2.75) is 11.8 Å². The van der Waals surface area contributed by atoms with Gasteiger partial charge in [-0.1, -0.05) is 0 Å². The van der Waals surface area contributed by atoms with E-state index in [0.29, 0.717) is 11.5 Å². The summed E-state index contributed by atoms with van der Waals surface area (Å²) in [5.74, 6) is -0.308. The number of anilines is 1. The number of nitrogens with zero attached hydrogens (tertiary/aromatic N) is 4. The van der Waals surface area contributed by atoms with Crippen LogP contribution in [0, 0.1) is 17.0 Å². The van der Waals surface area contributed by atoms with Gasteiger partial charge in [-0.2, -0.15) is 9.40 Å². The van der Waals surface area contributed by atoms with Gasteiger partial charge in [-0.25, -0.2) is 8.42 Å². The Hall–Kier alpha value is -3.03. The first-order valence-electron chi connectivity index (χ1n) is 8.98. The largest absolute Gasteiger partial charge is 0.477 e. The number of aromatic nitrogens is 2. The van der Waals surface area contributed by atoms with Crippen LogP contribution in [0.2, 0.25) is 0 Å². The van der Waals surface area contributed by atoms with E-state index in [9.17, 15) is 23.3 Å². The number of nitro groups is 1. The van der Waals surface area contributed by atoms with Crippen molar-refractivity contribution in [1.29, 1.82) is 0 Å². The summed E-state index contributed by atoms with van der Waals surface area (Å²) in [6, 6.07) is 4.98. The van der Waals surface area contributed by atoms with Gasteiger partial charge in [0, 0.05) is 32.3 Å². The maximum Gasteiger partial charge on any atom is 0.312 e. The molecule has 1 fully saturated rings. The van der Waals surface area contributed by atoms with Crippen molar-refractivity contribution in [1.82, 2.24) is 14.1 Å². The van der Waals surface area contributed by atoms with Gasteiger partial charge in [0.05, 0.1) is 28.7 Å². The number of carbonyl (C=O) groups excluding carboxylic acids is 1. The highest BCUT2D eigenvalue weighted by Gasteiger charge is 2.29. The van der Waals surface area contributed by atoms with E-state index < -0.39 is 33.1 Å². The van der Waals surface area contributed by atoms with E-state index in [-0.39, 0.29) is 36.9 Å². The van der Waals surface area contributed by atoms with Crippen molar-refractivity contribution in [2.75, 3.05) is 38.2 Å². The Morgan fingerprint density at radius 3 is 2.63 bits per heavy atom. The number of hydrogen-bond donors (Lipinski definition) is 1. The third kappa shape index (κ3) is 4.75. The van der Waals surface area contributed by atoms with Gasteiger partial charge in [-0.05, 0) is 19.1 Å². The molecule has 12 nitrogen and oxygen atoms in total. The van der Waals surface area contributed by atoms with Crippen molar-refractivity contribution >= 4 is 27.4 Å². The smallest absolute Gasteiger partial charge is 0.312 e. The number of aryl methyl sites for hydroxylation is 2. The van der Waals surface area contributed by atoms with E-state index in [0.717, 1.165) is 6.07 Å². The van der Waals surface area contributed by atoms with Crippen LogP contribution in [0.15, 0.2) is 29.2 Å². The van der Waals surface area contributed by atoms with Crippen LogP contribution in [0.4, 0.5) is 11.5 Å². The second-order valence-corrected chi connectivity index (χ2v) is 8.47. The third-order valence-electron chi connectivity index (χ3n) is 4.36. The Labute approximate surface area is 172 Å². The summed E-state index contributed by atoms with van der Waals surface area (Å²) in [4.78, 5) is 22.6.